The summed E-state index contributed by atoms with van der Waals surface area (Å²) in [6.45, 7) is 2.68. The highest BCUT2D eigenvalue weighted by Gasteiger charge is 2.43. The summed E-state index contributed by atoms with van der Waals surface area (Å²) in [5.74, 6) is 1.14. The molecule has 0 unspecified atom stereocenters. The zero-order valence-corrected chi connectivity index (χ0v) is 22.2. The van der Waals surface area contributed by atoms with E-state index in [1.165, 1.54) is 0 Å². The molecule has 38 heavy (non-hydrogen) atoms. The van der Waals surface area contributed by atoms with Crippen LogP contribution in [0.5, 0.6) is 11.5 Å². The summed E-state index contributed by atoms with van der Waals surface area (Å²) in [4.78, 5) is 47.4. The van der Waals surface area contributed by atoms with E-state index in [1.807, 2.05) is 34.1 Å². The van der Waals surface area contributed by atoms with Crippen molar-refractivity contribution in [3.8, 4) is 11.5 Å². The van der Waals surface area contributed by atoms with E-state index in [-0.39, 0.29) is 29.2 Å². The number of amides is 2. The number of fused-ring (bicyclic) bond motifs is 1. The fourth-order valence-corrected chi connectivity index (χ4v) is 5.78. The zero-order chi connectivity index (χ0) is 26.9. The molecule has 0 radical (unpaired) electrons. The maximum absolute atomic E-state index is 13.3. The van der Waals surface area contributed by atoms with Crippen LogP contribution in [0.1, 0.15) is 41.7 Å². The Bertz CT molecular complexity index is 1420. The van der Waals surface area contributed by atoms with Gasteiger partial charge in [0.25, 0.3) is 11.5 Å². The fraction of sp³-hybridized carbons (Fsp3) is 0.448. The third-order valence-corrected chi connectivity index (χ3v) is 8.17. The zero-order valence-electron chi connectivity index (χ0n) is 22.2. The second-order valence-electron chi connectivity index (χ2n) is 10.3. The molecule has 1 spiro atoms. The molecule has 5 rings (SSSR count). The van der Waals surface area contributed by atoms with Crippen molar-refractivity contribution in [2.75, 3.05) is 40.4 Å². The molecule has 1 aromatic heterocycles. The molecule has 3 heterocycles. The maximum Gasteiger partial charge on any atom is 0.272 e. The van der Waals surface area contributed by atoms with Gasteiger partial charge in [-0.3, -0.25) is 14.4 Å². The molecule has 0 saturated carbocycles. The van der Waals surface area contributed by atoms with Gasteiger partial charge in [0.2, 0.25) is 5.91 Å². The molecule has 0 aliphatic carbocycles. The Hall–Kier alpha value is -3.88. The maximum atomic E-state index is 13.3. The largest absolute Gasteiger partial charge is 0.497 e. The van der Waals surface area contributed by atoms with Crippen LogP contribution < -0.4 is 15.0 Å². The summed E-state index contributed by atoms with van der Waals surface area (Å²) >= 11 is 0. The highest BCUT2D eigenvalue weighted by atomic mass is 16.5. The number of likely N-dealkylation sites (tertiary alicyclic amines) is 2. The third-order valence-electron chi connectivity index (χ3n) is 8.17. The van der Waals surface area contributed by atoms with Gasteiger partial charge in [0.05, 0.1) is 30.8 Å². The standard InChI is InChI=1S/C29H34N4O5/c1-31-24-7-5-4-6-22(24)30-23(28(31)36)9-11-26(34)33-17-14-29(19-33)12-15-32(16-13-29)27(35)21-18-20(37-2)8-10-25(21)38-3/h4-8,10,18H,9,11-17,19H2,1-3H3. The highest BCUT2D eigenvalue weighted by molar-refractivity contribution is 5.97. The van der Waals surface area contributed by atoms with E-state index >= 15 is 0 Å². The second kappa shape index (κ2) is 10.5. The predicted molar refractivity (Wildman–Crippen MR) is 144 cm³/mol. The van der Waals surface area contributed by atoms with E-state index in [0.717, 1.165) is 30.3 Å². The number of methoxy groups -OCH3 is 2. The number of carbonyl (C=O) groups excluding carboxylic acids is 2. The molecule has 0 N–H and O–H groups in total. The predicted octanol–water partition coefficient (Wildman–Crippen LogP) is 3.04. The van der Waals surface area contributed by atoms with E-state index in [1.54, 1.807) is 44.0 Å². The Balaban J connectivity index is 1.19. The van der Waals surface area contributed by atoms with Gasteiger partial charge in [0.1, 0.15) is 17.2 Å². The van der Waals surface area contributed by atoms with Crippen LogP contribution in [-0.4, -0.2) is 71.6 Å². The number of aryl methyl sites for hydroxylation is 2. The van der Waals surface area contributed by atoms with Crippen LogP contribution in [0.4, 0.5) is 0 Å². The van der Waals surface area contributed by atoms with Crippen molar-refractivity contribution < 1.29 is 19.1 Å². The Labute approximate surface area is 222 Å². The number of aromatic nitrogens is 2. The second-order valence-corrected chi connectivity index (χ2v) is 10.3. The number of piperidine rings is 1. The van der Waals surface area contributed by atoms with Gasteiger partial charge in [-0.25, -0.2) is 4.98 Å². The smallest absolute Gasteiger partial charge is 0.272 e. The lowest BCUT2D eigenvalue weighted by atomic mass is 9.77. The van der Waals surface area contributed by atoms with Gasteiger partial charge < -0.3 is 23.8 Å². The van der Waals surface area contributed by atoms with Crippen molar-refractivity contribution in [1.29, 1.82) is 0 Å². The Morgan fingerprint density at radius 1 is 0.974 bits per heavy atom. The quantitative estimate of drug-likeness (QED) is 0.498. The summed E-state index contributed by atoms with van der Waals surface area (Å²) in [6, 6.07) is 12.8. The first-order valence-corrected chi connectivity index (χ1v) is 13.1. The first-order valence-electron chi connectivity index (χ1n) is 13.1. The molecule has 3 aromatic rings. The lowest BCUT2D eigenvalue weighted by Gasteiger charge is -2.39. The summed E-state index contributed by atoms with van der Waals surface area (Å²) in [5.41, 5.74) is 2.34. The van der Waals surface area contributed by atoms with Crippen LogP contribution in [0.2, 0.25) is 0 Å². The minimum Gasteiger partial charge on any atom is -0.497 e. The summed E-state index contributed by atoms with van der Waals surface area (Å²) in [7, 11) is 4.87. The highest BCUT2D eigenvalue weighted by Crippen LogP contribution is 2.41. The molecule has 0 atom stereocenters. The Morgan fingerprint density at radius 3 is 2.39 bits per heavy atom. The van der Waals surface area contributed by atoms with Gasteiger partial charge in [-0.15, -0.1) is 0 Å². The van der Waals surface area contributed by atoms with E-state index < -0.39 is 0 Å². The molecule has 2 aromatic carbocycles. The Kier molecular flexibility index (Phi) is 7.10. The van der Waals surface area contributed by atoms with Crippen LogP contribution in [0, 0.1) is 5.41 Å². The number of nitrogens with zero attached hydrogens (tertiary/aromatic N) is 4. The molecule has 2 fully saturated rings. The van der Waals surface area contributed by atoms with Crippen LogP contribution in [0.15, 0.2) is 47.3 Å². The van der Waals surface area contributed by atoms with Crippen LogP contribution in [-0.2, 0) is 18.3 Å². The van der Waals surface area contributed by atoms with Crippen molar-refractivity contribution in [2.24, 2.45) is 12.5 Å². The topological polar surface area (TPSA) is 94.0 Å². The number of ether oxygens (including phenoxy) is 2. The molecule has 9 heteroatoms. The summed E-state index contributed by atoms with van der Waals surface area (Å²) in [6.07, 6.45) is 3.21. The van der Waals surface area contributed by atoms with Gasteiger partial charge >= 0.3 is 0 Å². The minimum atomic E-state index is -0.154. The first kappa shape index (κ1) is 25.8. The van der Waals surface area contributed by atoms with Gasteiger partial charge in [-0.1, -0.05) is 12.1 Å². The summed E-state index contributed by atoms with van der Waals surface area (Å²) in [5, 5.41) is 0. The van der Waals surface area contributed by atoms with Crippen LogP contribution >= 0.6 is 0 Å². The SMILES string of the molecule is COc1ccc(OC)c(C(=O)N2CCC3(CCN(C(=O)CCc4nc5ccccc5n(C)c4=O)C3)CC2)c1. The van der Waals surface area contributed by atoms with E-state index in [4.69, 9.17) is 9.47 Å². The lowest BCUT2D eigenvalue weighted by Crippen LogP contribution is -2.44. The third kappa shape index (κ3) is 4.85. The molecule has 0 bridgehead atoms. The van der Waals surface area contributed by atoms with Crippen molar-refractivity contribution >= 4 is 22.8 Å². The van der Waals surface area contributed by atoms with Crippen molar-refractivity contribution in [2.45, 2.75) is 32.1 Å². The number of benzene rings is 2. The van der Waals surface area contributed by atoms with E-state index in [2.05, 4.69) is 4.98 Å². The molecular formula is C29H34N4O5. The average molecular weight is 519 g/mol. The number of carbonyl (C=O) groups is 2. The molecule has 2 saturated heterocycles. The first-order chi connectivity index (χ1) is 18.3. The molecule has 2 aliphatic heterocycles. The Morgan fingerprint density at radius 2 is 1.68 bits per heavy atom. The number of rotatable bonds is 6. The molecule has 2 amide bonds. The van der Waals surface area contributed by atoms with E-state index in [9.17, 15) is 14.4 Å². The molecule has 9 nitrogen and oxygen atoms in total. The molecule has 200 valence electrons. The van der Waals surface area contributed by atoms with Gasteiger partial charge in [-0.05, 0) is 55.0 Å². The monoisotopic (exact) mass is 518 g/mol. The lowest BCUT2D eigenvalue weighted by molar-refractivity contribution is -0.130. The molecular weight excluding hydrogens is 484 g/mol. The fourth-order valence-electron chi connectivity index (χ4n) is 5.78. The number of para-hydroxylation sites is 2. The van der Waals surface area contributed by atoms with Crippen molar-refractivity contribution in [3.63, 3.8) is 0 Å². The molecule has 2 aliphatic rings. The van der Waals surface area contributed by atoms with Gasteiger partial charge in [0.15, 0.2) is 0 Å². The number of hydrogen-bond acceptors (Lipinski definition) is 6. The van der Waals surface area contributed by atoms with E-state index in [0.29, 0.717) is 55.4 Å². The number of hydrogen-bond donors (Lipinski definition) is 0. The summed E-state index contributed by atoms with van der Waals surface area (Å²) < 4.78 is 12.3. The van der Waals surface area contributed by atoms with Crippen LogP contribution in [0.3, 0.4) is 0 Å². The van der Waals surface area contributed by atoms with Crippen molar-refractivity contribution in [1.82, 2.24) is 19.4 Å². The minimum absolute atomic E-state index is 0.0300. The normalized spacial score (nSPS) is 16.7. The average Bonchev–Trinajstić information content (AvgIpc) is 3.37. The van der Waals surface area contributed by atoms with Crippen LogP contribution in [0.25, 0.3) is 11.0 Å². The van der Waals surface area contributed by atoms with Gasteiger partial charge in [-0.2, -0.15) is 0 Å². The van der Waals surface area contributed by atoms with Crippen molar-refractivity contribution in [3.05, 3.63) is 64.1 Å². The van der Waals surface area contributed by atoms with Gasteiger partial charge in [0, 0.05) is 46.1 Å².